The number of carbonyl (C=O) groups is 2. The van der Waals surface area contributed by atoms with Crippen molar-refractivity contribution in [1.29, 1.82) is 0 Å². The highest BCUT2D eigenvalue weighted by Crippen LogP contribution is 2.29. The highest BCUT2D eigenvalue weighted by atomic mass is 16.5. The van der Waals surface area contributed by atoms with E-state index < -0.39 is 0 Å². The fraction of sp³-hybridized carbons (Fsp3) is 0.895. The van der Waals surface area contributed by atoms with Gasteiger partial charge in [-0.05, 0) is 57.3 Å². The lowest BCUT2D eigenvalue weighted by atomic mass is 9.82. The van der Waals surface area contributed by atoms with Gasteiger partial charge in [-0.3, -0.25) is 9.59 Å². The Hall–Kier alpha value is -1.14. The number of methoxy groups -OCH3 is 1. The maximum Gasteiger partial charge on any atom is 0.308 e. The van der Waals surface area contributed by atoms with E-state index in [1.54, 1.807) is 7.11 Å². The van der Waals surface area contributed by atoms with Crippen LogP contribution < -0.4 is 0 Å². The van der Waals surface area contributed by atoms with E-state index in [0.717, 1.165) is 51.4 Å². The molecule has 144 valence electrons. The Labute approximate surface area is 150 Å². The van der Waals surface area contributed by atoms with Gasteiger partial charge in [0.1, 0.15) is 0 Å². The molecule has 0 radical (unpaired) electrons. The second kappa shape index (κ2) is 10.8. The first-order valence-corrected chi connectivity index (χ1v) is 9.61. The minimum absolute atomic E-state index is 0.0179. The van der Waals surface area contributed by atoms with E-state index in [0.29, 0.717) is 25.6 Å². The van der Waals surface area contributed by atoms with Gasteiger partial charge in [0.2, 0.25) is 0 Å². The highest BCUT2D eigenvalue weighted by Gasteiger charge is 2.28. The van der Waals surface area contributed by atoms with Crippen molar-refractivity contribution in [2.45, 2.75) is 63.9 Å². The van der Waals surface area contributed by atoms with E-state index in [2.05, 4.69) is 0 Å². The summed E-state index contributed by atoms with van der Waals surface area (Å²) in [4.78, 5) is 24.0. The second-order valence-electron chi connectivity index (χ2n) is 7.30. The van der Waals surface area contributed by atoms with Crippen molar-refractivity contribution < 1.29 is 28.9 Å². The fourth-order valence-corrected chi connectivity index (χ4v) is 3.76. The summed E-state index contributed by atoms with van der Waals surface area (Å²) in [5, 5.41) is 9.12. The Bertz CT molecular complexity index is 370. The van der Waals surface area contributed by atoms with Crippen LogP contribution in [0.4, 0.5) is 0 Å². The van der Waals surface area contributed by atoms with Crippen LogP contribution in [0, 0.1) is 17.8 Å². The van der Waals surface area contributed by atoms with E-state index in [-0.39, 0.29) is 36.5 Å². The predicted octanol–water partition coefficient (Wildman–Crippen LogP) is 2.47. The molecule has 25 heavy (non-hydrogen) atoms. The minimum Gasteiger partial charge on any atom is -0.465 e. The van der Waals surface area contributed by atoms with Crippen LogP contribution in [0.25, 0.3) is 0 Å². The molecule has 2 fully saturated rings. The molecule has 0 aromatic heterocycles. The Balaban J connectivity index is 1.51. The molecule has 2 aliphatic rings. The fourth-order valence-electron chi connectivity index (χ4n) is 3.76. The van der Waals surface area contributed by atoms with Gasteiger partial charge in [0.05, 0.1) is 31.2 Å². The van der Waals surface area contributed by atoms with Gasteiger partial charge in [-0.1, -0.05) is 0 Å². The largest absolute Gasteiger partial charge is 0.465 e. The molecule has 6 heteroatoms. The zero-order valence-corrected chi connectivity index (χ0v) is 15.3. The molecule has 0 atom stereocenters. The summed E-state index contributed by atoms with van der Waals surface area (Å²) in [6.07, 6.45) is 7.64. The molecular weight excluding hydrogens is 324 g/mol. The zero-order chi connectivity index (χ0) is 18.1. The molecule has 0 amide bonds. The molecule has 2 rings (SSSR count). The summed E-state index contributed by atoms with van der Waals surface area (Å²) in [6.45, 7) is 0.802. The summed E-state index contributed by atoms with van der Waals surface area (Å²) in [6, 6.07) is 0. The van der Waals surface area contributed by atoms with E-state index in [1.165, 1.54) is 0 Å². The van der Waals surface area contributed by atoms with E-state index in [1.807, 2.05) is 0 Å². The van der Waals surface area contributed by atoms with Crippen molar-refractivity contribution in [3.05, 3.63) is 0 Å². The molecule has 0 unspecified atom stereocenters. The number of aliphatic hydroxyl groups is 1. The predicted molar refractivity (Wildman–Crippen MR) is 91.8 cm³/mol. The molecule has 2 aliphatic carbocycles. The summed E-state index contributed by atoms with van der Waals surface area (Å²) in [7, 11) is 1.71. The lowest BCUT2D eigenvalue weighted by molar-refractivity contribution is -0.153. The molecule has 0 bridgehead atoms. The number of rotatable bonds is 8. The zero-order valence-electron chi connectivity index (χ0n) is 15.3. The number of hydrogen-bond donors (Lipinski definition) is 1. The monoisotopic (exact) mass is 356 g/mol. The normalized spacial score (nSPS) is 29.8. The van der Waals surface area contributed by atoms with Crippen LogP contribution in [0.1, 0.15) is 57.8 Å². The van der Waals surface area contributed by atoms with Crippen molar-refractivity contribution in [3.8, 4) is 0 Å². The first-order valence-electron chi connectivity index (χ1n) is 9.61. The molecule has 0 heterocycles. The Morgan fingerprint density at radius 3 is 1.76 bits per heavy atom. The maximum atomic E-state index is 12.0. The van der Waals surface area contributed by atoms with E-state index in [9.17, 15) is 9.59 Å². The molecule has 0 aliphatic heterocycles. The van der Waals surface area contributed by atoms with Crippen LogP contribution in [0.3, 0.4) is 0 Å². The van der Waals surface area contributed by atoms with Crippen LogP contribution in [0.5, 0.6) is 0 Å². The van der Waals surface area contributed by atoms with Gasteiger partial charge in [0.15, 0.2) is 0 Å². The highest BCUT2D eigenvalue weighted by molar-refractivity contribution is 5.73. The van der Waals surface area contributed by atoms with Gasteiger partial charge in [0, 0.05) is 20.1 Å². The Kier molecular flexibility index (Phi) is 8.68. The molecule has 1 N–H and O–H groups in total. The molecule has 0 spiro atoms. The quantitative estimate of drug-likeness (QED) is 0.531. The van der Waals surface area contributed by atoms with Gasteiger partial charge in [-0.2, -0.15) is 0 Å². The molecular formula is C19H32O6. The van der Waals surface area contributed by atoms with E-state index >= 15 is 0 Å². The van der Waals surface area contributed by atoms with Crippen molar-refractivity contribution >= 4 is 11.9 Å². The van der Waals surface area contributed by atoms with Crippen molar-refractivity contribution in [2.75, 3.05) is 26.9 Å². The van der Waals surface area contributed by atoms with Crippen LogP contribution in [-0.2, 0) is 23.8 Å². The summed E-state index contributed by atoms with van der Waals surface area (Å²) in [5.74, 6) is -0.0109. The van der Waals surface area contributed by atoms with Crippen LogP contribution >= 0.6 is 0 Å². The van der Waals surface area contributed by atoms with Crippen molar-refractivity contribution in [3.63, 3.8) is 0 Å². The van der Waals surface area contributed by atoms with Gasteiger partial charge in [0.25, 0.3) is 0 Å². The van der Waals surface area contributed by atoms with Gasteiger partial charge in [-0.15, -0.1) is 0 Å². The SMILES string of the molecule is COC1CCC(C(=O)OCCCOC(=O)C2CCC(CO)CC2)CC1. The topological polar surface area (TPSA) is 82.1 Å². The number of esters is 2. The number of ether oxygens (including phenoxy) is 3. The first-order chi connectivity index (χ1) is 12.1. The third kappa shape index (κ3) is 6.59. The smallest absolute Gasteiger partial charge is 0.308 e. The lowest BCUT2D eigenvalue weighted by Gasteiger charge is -2.26. The lowest BCUT2D eigenvalue weighted by Crippen LogP contribution is -2.27. The van der Waals surface area contributed by atoms with Gasteiger partial charge < -0.3 is 19.3 Å². The van der Waals surface area contributed by atoms with Crippen molar-refractivity contribution in [2.24, 2.45) is 17.8 Å². The maximum absolute atomic E-state index is 12.0. The van der Waals surface area contributed by atoms with Crippen LogP contribution in [-0.4, -0.2) is 50.1 Å². The van der Waals surface area contributed by atoms with Crippen LogP contribution in [0.2, 0.25) is 0 Å². The molecule has 6 nitrogen and oxygen atoms in total. The third-order valence-electron chi connectivity index (χ3n) is 5.56. The first kappa shape index (κ1) is 20.2. The molecule has 0 aromatic rings. The molecule has 0 aromatic carbocycles. The molecule has 0 saturated heterocycles. The number of hydrogen-bond acceptors (Lipinski definition) is 6. The number of carbonyl (C=O) groups excluding carboxylic acids is 2. The second-order valence-corrected chi connectivity index (χ2v) is 7.30. The average Bonchev–Trinajstić information content (AvgIpc) is 2.67. The van der Waals surface area contributed by atoms with Gasteiger partial charge >= 0.3 is 11.9 Å². The van der Waals surface area contributed by atoms with Gasteiger partial charge in [-0.25, -0.2) is 0 Å². The van der Waals surface area contributed by atoms with Crippen LogP contribution in [0.15, 0.2) is 0 Å². The standard InChI is InChI=1S/C19H32O6/c1-23-17-9-7-16(8-10-17)19(22)25-12-2-11-24-18(21)15-5-3-14(13-20)4-6-15/h14-17,20H,2-13H2,1H3. The summed E-state index contributed by atoms with van der Waals surface area (Å²) >= 11 is 0. The summed E-state index contributed by atoms with van der Waals surface area (Å²) < 4.78 is 15.9. The van der Waals surface area contributed by atoms with Crippen molar-refractivity contribution in [1.82, 2.24) is 0 Å². The Morgan fingerprint density at radius 2 is 1.32 bits per heavy atom. The Morgan fingerprint density at radius 1 is 0.840 bits per heavy atom. The molecule has 2 saturated carbocycles. The third-order valence-corrected chi connectivity index (χ3v) is 5.56. The number of aliphatic hydroxyl groups excluding tert-OH is 1. The minimum atomic E-state index is -0.152. The average molecular weight is 356 g/mol. The summed E-state index contributed by atoms with van der Waals surface area (Å²) in [5.41, 5.74) is 0. The van der Waals surface area contributed by atoms with E-state index in [4.69, 9.17) is 19.3 Å².